The minimum absolute atomic E-state index is 0.00970. The summed E-state index contributed by atoms with van der Waals surface area (Å²) in [6, 6.07) is 14.4. The third-order valence-electron chi connectivity index (χ3n) is 3.01. The quantitative estimate of drug-likeness (QED) is 0.316. The zero-order valence-corrected chi connectivity index (χ0v) is 12.5. The van der Waals surface area contributed by atoms with Gasteiger partial charge in [0.25, 0.3) is 0 Å². The molecule has 0 saturated carbocycles. The van der Waals surface area contributed by atoms with Crippen molar-refractivity contribution in [1.29, 1.82) is 0 Å². The molecule has 0 spiro atoms. The van der Waals surface area contributed by atoms with E-state index in [1.54, 1.807) is 18.2 Å². The van der Waals surface area contributed by atoms with Crippen molar-refractivity contribution < 1.29 is 34.3 Å². The number of methoxy groups -OCH3 is 1. The molecule has 2 rings (SSSR count). The van der Waals surface area contributed by atoms with Gasteiger partial charge in [0.2, 0.25) is 0 Å². The minimum Gasteiger partial charge on any atom is -0.485 e. The van der Waals surface area contributed by atoms with Gasteiger partial charge in [0, 0.05) is 12.6 Å². The molecular weight excluding hydrogens is 303 g/mol. The maximum atomic E-state index is 8.85. The zero-order valence-electron chi connectivity index (χ0n) is 12.5. The molecule has 0 atom stereocenters. The van der Waals surface area contributed by atoms with Crippen LogP contribution in [-0.2, 0) is 21.0 Å². The predicted octanol–water partition coefficient (Wildman–Crippen LogP) is 1.92. The van der Waals surface area contributed by atoms with E-state index in [1.807, 2.05) is 30.3 Å². The standard InChI is InChI=1S/C15H17BO7/c1-19-11-21-14-9-5-8-13(16(22-17)23-18)15(14)20-10-12-6-3-2-4-7-12/h2-9,17-18H,10-11H2,1H3. The Labute approximate surface area is 133 Å². The average Bonchev–Trinajstić information content (AvgIpc) is 2.61. The zero-order chi connectivity index (χ0) is 16.5. The lowest BCUT2D eigenvalue weighted by Gasteiger charge is -2.17. The molecular formula is C15H17BO7. The third kappa shape index (κ3) is 4.69. The number of para-hydroxylation sites is 1. The smallest absolute Gasteiger partial charge is 0.485 e. The summed E-state index contributed by atoms with van der Waals surface area (Å²) in [5.41, 5.74) is 1.20. The molecule has 0 saturated heterocycles. The van der Waals surface area contributed by atoms with E-state index in [9.17, 15) is 0 Å². The molecule has 2 aromatic carbocycles. The highest BCUT2D eigenvalue weighted by Gasteiger charge is 2.28. The molecule has 0 aliphatic carbocycles. The normalized spacial score (nSPS) is 10.4. The lowest BCUT2D eigenvalue weighted by molar-refractivity contribution is -0.221. The molecule has 0 amide bonds. The van der Waals surface area contributed by atoms with Gasteiger partial charge < -0.3 is 14.2 Å². The molecule has 0 aliphatic heterocycles. The van der Waals surface area contributed by atoms with Gasteiger partial charge in [0.05, 0.1) is 0 Å². The first-order valence-corrected chi connectivity index (χ1v) is 6.82. The van der Waals surface area contributed by atoms with Crippen LogP contribution >= 0.6 is 0 Å². The molecule has 0 aliphatic rings. The Bertz CT molecular complexity index is 590. The molecule has 23 heavy (non-hydrogen) atoms. The molecule has 0 aromatic heterocycles. The number of rotatable bonds is 9. The third-order valence-corrected chi connectivity index (χ3v) is 3.01. The molecule has 0 radical (unpaired) electrons. The number of ether oxygens (including phenoxy) is 3. The Kier molecular flexibility index (Phi) is 6.86. The van der Waals surface area contributed by atoms with Crippen molar-refractivity contribution in [2.45, 2.75) is 6.61 Å². The Balaban J connectivity index is 2.27. The second kappa shape index (κ2) is 9.14. The second-order valence-corrected chi connectivity index (χ2v) is 4.54. The summed E-state index contributed by atoms with van der Waals surface area (Å²) in [4.78, 5) is 8.20. The molecule has 122 valence electrons. The van der Waals surface area contributed by atoms with Crippen LogP contribution in [0.2, 0.25) is 0 Å². The lowest BCUT2D eigenvalue weighted by atomic mass is 9.79. The minimum atomic E-state index is -1.42. The maximum absolute atomic E-state index is 8.85. The molecule has 0 heterocycles. The summed E-state index contributed by atoms with van der Waals surface area (Å²) in [5, 5.41) is 17.7. The molecule has 0 bridgehead atoms. The van der Waals surface area contributed by atoms with Crippen LogP contribution in [0.3, 0.4) is 0 Å². The summed E-state index contributed by atoms with van der Waals surface area (Å²) < 4.78 is 16.1. The fourth-order valence-corrected chi connectivity index (χ4v) is 1.97. The van der Waals surface area contributed by atoms with Crippen LogP contribution in [0.1, 0.15) is 5.56 Å². The van der Waals surface area contributed by atoms with Gasteiger partial charge in [-0.05, 0) is 11.6 Å². The summed E-state index contributed by atoms with van der Waals surface area (Å²) in [6.07, 6.45) is 0. The molecule has 8 heteroatoms. The molecule has 7 nitrogen and oxygen atoms in total. The van der Waals surface area contributed by atoms with Crippen molar-refractivity contribution >= 4 is 12.6 Å². The maximum Gasteiger partial charge on any atom is 0.558 e. The Morgan fingerprint density at radius 3 is 2.30 bits per heavy atom. The van der Waals surface area contributed by atoms with E-state index in [-0.39, 0.29) is 24.6 Å². The monoisotopic (exact) mass is 320 g/mol. The largest absolute Gasteiger partial charge is 0.558 e. The van der Waals surface area contributed by atoms with Crippen molar-refractivity contribution in [3.05, 3.63) is 54.1 Å². The van der Waals surface area contributed by atoms with Gasteiger partial charge in [-0.1, -0.05) is 42.5 Å². The van der Waals surface area contributed by atoms with Gasteiger partial charge in [0.1, 0.15) is 6.61 Å². The van der Waals surface area contributed by atoms with Gasteiger partial charge in [0.15, 0.2) is 18.3 Å². The Hall–Kier alpha value is -2.10. The summed E-state index contributed by atoms with van der Waals surface area (Å²) in [6.45, 7) is 0.264. The second-order valence-electron chi connectivity index (χ2n) is 4.54. The van der Waals surface area contributed by atoms with Crippen LogP contribution in [0.5, 0.6) is 11.5 Å². The van der Waals surface area contributed by atoms with Gasteiger partial charge in [-0.15, -0.1) is 0 Å². The Morgan fingerprint density at radius 1 is 0.913 bits per heavy atom. The highest BCUT2D eigenvalue weighted by atomic mass is 17.2. The van der Waals surface area contributed by atoms with Gasteiger partial charge >= 0.3 is 7.12 Å². The van der Waals surface area contributed by atoms with Crippen molar-refractivity contribution in [3.63, 3.8) is 0 Å². The number of benzene rings is 2. The van der Waals surface area contributed by atoms with Crippen molar-refractivity contribution in [3.8, 4) is 11.5 Å². The predicted molar refractivity (Wildman–Crippen MR) is 82.5 cm³/mol. The van der Waals surface area contributed by atoms with E-state index in [0.717, 1.165) is 5.56 Å². The number of hydrogen-bond donors (Lipinski definition) is 2. The van der Waals surface area contributed by atoms with Crippen molar-refractivity contribution in [1.82, 2.24) is 0 Å². The van der Waals surface area contributed by atoms with Crippen LogP contribution in [0.15, 0.2) is 48.5 Å². The fraction of sp³-hybridized carbons (Fsp3) is 0.200. The van der Waals surface area contributed by atoms with Gasteiger partial charge in [-0.25, -0.2) is 0 Å². The van der Waals surface area contributed by atoms with E-state index < -0.39 is 7.12 Å². The highest BCUT2D eigenvalue weighted by Crippen LogP contribution is 2.26. The lowest BCUT2D eigenvalue weighted by Crippen LogP contribution is -2.36. The molecule has 2 aromatic rings. The van der Waals surface area contributed by atoms with E-state index in [2.05, 4.69) is 9.61 Å². The molecule has 0 unspecified atom stereocenters. The fourth-order valence-electron chi connectivity index (χ4n) is 1.97. The first kappa shape index (κ1) is 17.3. The van der Waals surface area contributed by atoms with Gasteiger partial charge in [-0.3, -0.25) is 20.1 Å². The average molecular weight is 320 g/mol. The Morgan fingerprint density at radius 2 is 1.65 bits per heavy atom. The first-order chi connectivity index (χ1) is 11.3. The van der Waals surface area contributed by atoms with Crippen LogP contribution in [-0.4, -0.2) is 31.5 Å². The van der Waals surface area contributed by atoms with Gasteiger partial charge in [-0.2, -0.15) is 0 Å². The van der Waals surface area contributed by atoms with Crippen LogP contribution < -0.4 is 14.9 Å². The van der Waals surface area contributed by atoms with Crippen molar-refractivity contribution in [2.24, 2.45) is 0 Å². The topological polar surface area (TPSA) is 86.6 Å². The van der Waals surface area contributed by atoms with E-state index in [0.29, 0.717) is 5.75 Å². The van der Waals surface area contributed by atoms with E-state index >= 15 is 0 Å². The van der Waals surface area contributed by atoms with E-state index in [4.69, 9.17) is 24.7 Å². The molecule has 2 N–H and O–H groups in total. The van der Waals surface area contributed by atoms with Crippen LogP contribution in [0.4, 0.5) is 0 Å². The summed E-state index contributed by atoms with van der Waals surface area (Å²) >= 11 is 0. The first-order valence-electron chi connectivity index (χ1n) is 6.82. The highest BCUT2D eigenvalue weighted by molar-refractivity contribution is 6.62. The number of hydrogen-bond acceptors (Lipinski definition) is 7. The van der Waals surface area contributed by atoms with E-state index in [1.165, 1.54) is 7.11 Å². The summed E-state index contributed by atoms with van der Waals surface area (Å²) in [7, 11) is 0.0667. The summed E-state index contributed by atoms with van der Waals surface area (Å²) in [5.74, 6) is 0.626. The van der Waals surface area contributed by atoms with Crippen LogP contribution in [0, 0.1) is 0 Å². The van der Waals surface area contributed by atoms with Crippen LogP contribution in [0.25, 0.3) is 0 Å². The molecule has 0 fully saturated rings. The van der Waals surface area contributed by atoms with Crippen molar-refractivity contribution in [2.75, 3.05) is 13.9 Å². The SMILES string of the molecule is COCOc1cccc(B(OO)OO)c1OCc1ccccc1.